The topological polar surface area (TPSA) is 47.3 Å². The third kappa shape index (κ3) is 3.73. The maximum Gasteiger partial charge on any atom is 0.394 e. The summed E-state index contributed by atoms with van der Waals surface area (Å²) in [6.45, 7) is 8.32. The summed E-state index contributed by atoms with van der Waals surface area (Å²) in [5.41, 5.74) is 0.906. The molecule has 1 aromatic heterocycles. The number of nitrogens with zero attached hydrogens (tertiary/aromatic N) is 1. The summed E-state index contributed by atoms with van der Waals surface area (Å²) in [5, 5.41) is 3.22. The third-order valence-corrected chi connectivity index (χ3v) is 3.49. The lowest BCUT2D eigenvalue weighted by atomic mass is 9.82. The molecular weight excluding hydrogens is 228 g/mol. The van der Waals surface area contributed by atoms with Crippen molar-refractivity contribution in [2.75, 3.05) is 6.54 Å². The molecule has 2 rings (SSSR count). The van der Waals surface area contributed by atoms with Gasteiger partial charge in [-0.1, -0.05) is 20.8 Å². The zero-order valence-electron chi connectivity index (χ0n) is 11.6. The van der Waals surface area contributed by atoms with Gasteiger partial charge in [0.1, 0.15) is 12.4 Å². The lowest BCUT2D eigenvalue weighted by Gasteiger charge is -2.30. The summed E-state index contributed by atoms with van der Waals surface area (Å²) in [4.78, 5) is 4.34. The Hall–Kier alpha value is -1.03. The van der Waals surface area contributed by atoms with Crippen LogP contribution in [0.5, 0.6) is 6.08 Å². The summed E-state index contributed by atoms with van der Waals surface area (Å²) in [6, 6.07) is 0. The number of nitrogens with one attached hydrogen (secondary N) is 1. The maximum atomic E-state index is 5.85. The Morgan fingerprint density at radius 3 is 2.72 bits per heavy atom. The van der Waals surface area contributed by atoms with Gasteiger partial charge in [0.15, 0.2) is 0 Å². The molecule has 2 unspecified atom stereocenters. The average molecular weight is 252 g/mol. The summed E-state index contributed by atoms with van der Waals surface area (Å²) < 4.78 is 11.2. The molecule has 1 fully saturated rings. The highest BCUT2D eigenvalue weighted by atomic mass is 16.6. The Balaban J connectivity index is 1.86. The van der Waals surface area contributed by atoms with E-state index in [0.29, 0.717) is 6.08 Å². The molecule has 0 aliphatic heterocycles. The Kier molecular flexibility index (Phi) is 4.64. The fourth-order valence-corrected chi connectivity index (χ4v) is 2.79. The lowest BCUT2D eigenvalue weighted by Crippen LogP contribution is -2.28. The van der Waals surface area contributed by atoms with E-state index >= 15 is 0 Å². The van der Waals surface area contributed by atoms with Crippen molar-refractivity contribution in [3.05, 3.63) is 12.0 Å². The van der Waals surface area contributed by atoms with Crippen molar-refractivity contribution in [3.8, 4) is 6.08 Å². The number of oxazole rings is 1. The highest BCUT2D eigenvalue weighted by molar-refractivity contribution is 5.00. The van der Waals surface area contributed by atoms with Crippen molar-refractivity contribution in [3.63, 3.8) is 0 Å². The third-order valence-electron chi connectivity index (χ3n) is 3.49. The number of aromatic nitrogens is 1. The first-order chi connectivity index (χ1) is 8.67. The monoisotopic (exact) mass is 252 g/mol. The summed E-state index contributed by atoms with van der Waals surface area (Å²) in [6.07, 6.45) is 5.87. The van der Waals surface area contributed by atoms with E-state index in [9.17, 15) is 0 Å². The molecule has 1 heterocycles. The molecule has 0 saturated heterocycles. The van der Waals surface area contributed by atoms with Gasteiger partial charge < -0.3 is 14.5 Å². The number of ether oxygens (including phenoxy) is 1. The molecule has 1 saturated carbocycles. The van der Waals surface area contributed by atoms with Crippen LogP contribution in [-0.4, -0.2) is 17.6 Å². The lowest BCUT2D eigenvalue weighted by molar-refractivity contribution is 0.0724. The van der Waals surface area contributed by atoms with Crippen LogP contribution in [0, 0.1) is 11.8 Å². The van der Waals surface area contributed by atoms with Crippen LogP contribution < -0.4 is 10.1 Å². The Morgan fingerprint density at radius 2 is 2.06 bits per heavy atom. The molecule has 0 spiro atoms. The van der Waals surface area contributed by atoms with E-state index in [1.807, 2.05) is 0 Å². The molecule has 2 atom stereocenters. The predicted molar refractivity (Wildman–Crippen MR) is 70.5 cm³/mol. The second-order valence-corrected chi connectivity index (χ2v) is 5.54. The molecule has 1 aliphatic rings. The molecule has 4 heteroatoms. The molecule has 0 aromatic carbocycles. The van der Waals surface area contributed by atoms with Crippen molar-refractivity contribution in [2.45, 2.75) is 52.7 Å². The van der Waals surface area contributed by atoms with Gasteiger partial charge in [-0.25, -0.2) is 0 Å². The van der Waals surface area contributed by atoms with E-state index in [0.717, 1.165) is 43.5 Å². The highest BCUT2D eigenvalue weighted by Crippen LogP contribution is 2.31. The van der Waals surface area contributed by atoms with Crippen LogP contribution in [-0.2, 0) is 6.54 Å². The Morgan fingerprint density at radius 1 is 1.33 bits per heavy atom. The highest BCUT2D eigenvalue weighted by Gasteiger charge is 2.26. The van der Waals surface area contributed by atoms with Crippen LogP contribution in [0.1, 0.15) is 45.7 Å². The van der Waals surface area contributed by atoms with Crippen LogP contribution in [0.2, 0.25) is 0 Å². The van der Waals surface area contributed by atoms with Crippen LogP contribution in [0.25, 0.3) is 0 Å². The maximum absolute atomic E-state index is 5.85. The normalized spacial score (nSPS) is 28.3. The molecule has 4 nitrogen and oxygen atoms in total. The second kappa shape index (κ2) is 6.23. The van der Waals surface area contributed by atoms with Crippen LogP contribution in [0.4, 0.5) is 0 Å². The first-order valence-corrected chi connectivity index (χ1v) is 6.99. The molecule has 0 radical (unpaired) electrons. The quantitative estimate of drug-likeness (QED) is 0.875. The molecule has 1 aromatic rings. The number of hydrogen-bond acceptors (Lipinski definition) is 4. The second-order valence-electron chi connectivity index (χ2n) is 5.54. The molecular formula is C14H24N2O2. The predicted octanol–water partition coefficient (Wildman–Crippen LogP) is 2.99. The summed E-state index contributed by atoms with van der Waals surface area (Å²) in [7, 11) is 0. The summed E-state index contributed by atoms with van der Waals surface area (Å²) >= 11 is 0. The minimum absolute atomic E-state index is 0.259. The van der Waals surface area contributed by atoms with Gasteiger partial charge in [0, 0.05) is 6.54 Å². The van der Waals surface area contributed by atoms with Crippen LogP contribution in [0.3, 0.4) is 0 Å². The fraction of sp³-hybridized carbons (Fsp3) is 0.786. The zero-order valence-corrected chi connectivity index (χ0v) is 11.6. The van der Waals surface area contributed by atoms with Crippen molar-refractivity contribution >= 4 is 0 Å². The molecule has 0 bridgehead atoms. The van der Waals surface area contributed by atoms with E-state index < -0.39 is 0 Å². The van der Waals surface area contributed by atoms with Gasteiger partial charge in [-0.05, 0) is 37.6 Å². The first kappa shape index (κ1) is 13.4. The minimum atomic E-state index is 0.259. The van der Waals surface area contributed by atoms with Gasteiger partial charge in [0.05, 0.1) is 5.69 Å². The largest absolute Gasteiger partial charge is 0.447 e. The van der Waals surface area contributed by atoms with Crippen molar-refractivity contribution < 1.29 is 9.15 Å². The van der Waals surface area contributed by atoms with Gasteiger partial charge in [-0.15, -0.1) is 0 Å². The molecule has 18 heavy (non-hydrogen) atoms. The zero-order chi connectivity index (χ0) is 13.0. The van der Waals surface area contributed by atoms with E-state index in [2.05, 4.69) is 31.1 Å². The van der Waals surface area contributed by atoms with Gasteiger partial charge in [0.2, 0.25) is 0 Å². The molecule has 1 aliphatic carbocycles. The van der Waals surface area contributed by atoms with E-state index in [1.165, 1.54) is 6.42 Å². The minimum Gasteiger partial charge on any atom is -0.447 e. The first-order valence-electron chi connectivity index (χ1n) is 6.99. The van der Waals surface area contributed by atoms with Crippen molar-refractivity contribution in [1.29, 1.82) is 0 Å². The molecule has 0 amide bonds. The van der Waals surface area contributed by atoms with Gasteiger partial charge in [-0.2, -0.15) is 4.98 Å². The smallest absolute Gasteiger partial charge is 0.394 e. The molecule has 102 valence electrons. The van der Waals surface area contributed by atoms with E-state index in [1.54, 1.807) is 6.26 Å². The van der Waals surface area contributed by atoms with Crippen molar-refractivity contribution in [2.24, 2.45) is 11.8 Å². The average Bonchev–Trinajstić information content (AvgIpc) is 2.72. The Labute approximate surface area is 109 Å². The van der Waals surface area contributed by atoms with Gasteiger partial charge in [-0.3, -0.25) is 0 Å². The van der Waals surface area contributed by atoms with Crippen molar-refractivity contribution in [1.82, 2.24) is 10.3 Å². The van der Waals surface area contributed by atoms with Gasteiger partial charge >= 0.3 is 6.08 Å². The summed E-state index contributed by atoms with van der Waals surface area (Å²) in [5.74, 6) is 1.46. The van der Waals surface area contributed by atoms with E-state index in [4.69, 9.17) is 9.15 Å². The van der Waals surface area contributed by atoms with Gasteiger partial charge in [0.25, 0.3) is 0 Å². The standard InChI is InChI=1S/C14H24N2O2/c1-4-15-8-12-9-17-14(16-12)18-13-6-10(2)5-11(3)7-13/h9-11,13,15H,4-8H2,1-3H3. The van der Waals surface area contributed by atoms with E-state index in [-0.39, 0.29) is 6.10 Å². The van der Waals surface area contributed by atoms with Crippen LogP contribution in [0.15, 0.2) is 10.7 Å². The van der Waals surface area contributed by atoms with Crippen LogP contribution >= 0.6 is 0 Å². The SMILES string of the molecule is CCNCc1coc(OC2CC(C)CC(C)C2)n1. The molecule has 1 N–H and O–H groups in total. The number of rotatable bonds is 5. The number of hydrogen-bond donors (Lipinski definition) is 1. The fourth-order valence-electron chi connectivity index (χ4n) is 2.79. The Bertz CT molecular complexity index is 354.